The van der Waals surface area contributed by atoms with Crippen LogP contribution >= 0.6 is 39.3 Å². The fourth-order valence-electron chi connectivity index (χ4n) is 1.66. The maximum atomic E-state index is 13.3. The minimum atomic E-state index is -0.938. The molecule has 0 saturated heterocycles. The minimum absolute atomic E-state index is 0.118. The highest BCUT2D eigenvalue weighted by atomic mass is 79.9. The van der Waals surface area contributed by atoms with Gasteiger partial charge in [0.15, 0.2) is 5.16 Å². The van der Waals surface area contributed by atoms with Gasteiger partial charge in [-0.2, -0.15) is 0 Å². The highest BCUT2D eigenvalue weighted by Gasteiger charge is 2.17. The molecular weight excluding hydrogens is 371 g/mol. The zero-order valence-corrected chi connectivity index (χ0v) is 13.4. The molecule has 20 heavy (non-hydrogen) atoms. The highest BCUT2D eigenvalue weighted by Crippen LogP contribution is 2.34. The molecule has 1 aromatic heterocycles. The van der Waals surface area contributed by atoms with Gasteiger partial charge in [-0.3, -0.25) is 9.36 Å². The molecule has 0 unspecified atom stereocenters. The first-order valence-corrected chi connectivity index (χ1v) is 7.59. The Morgan fingerprint density at radius 3 is 2.90 bits per heavy atom. The van der Waals surface area contributed by atoms with E-state index < -0.39 is 11.8 Å². The third kappa shape index (κ3) is 3.16. The van der Waals surface area contributed by atoms with E-state index in [0.717, 1.165) is 17.5 Å². The Morgan fingerprint density at radius 2 is 2.30 bits per heavy atom. The molecule has 106 valence electrons. The number of carbonyl (C=O) groups is 1. The second kappa shape index (κ2) is 6.15. The Morgan fingerprint density at radius 1 is 1.60 bits per heavy atom. The molecule has 0 fully saturated rings. The molecule has 0 radical (unpaired) electrons. The van der Waals surface area contributed by atoms with Gasteiger partial charge in [-0.1, -0.05) is 23.4 Å². The van der Waals surface area contributed by atoms with E-state index in [4.69, 9.17) is 16.7 Å². The lowest BCUT2D eigenvalue weighted by Crippen LogP contribution is -2.04. The van der Waals surface area contributed by atoms with Crippen LogP contribution in [0.15, 0.2) is 28.0 Å². The van der Waals surface area contributed by atoms with Crippen molar-refractivity contribution in [3.63, 3.8) is 0 Å². The predicted molar refractivity (Wildman–Crippen MR) is 79.3 cm³/mol. The lowest BCUT2D eigenvalue weighted by molar-refractivity contribution is -0.133. The van der Waals surface area contributed by atoms with E-state index in [-0.39, 0.29) is 10.8 Å². The van der Waals surface area contributed by atoms with Crippen LogP contribution in [0.4, 0.5) is 4.39 Å². The van der Waals surface area contributed by atoms with Gasteiger partial charge in [-0.05, 0) is 35.0 Å². The number of halogens is 3. The van der Waals surface area contributed by atoms with E-state index in [1.165, 1.54) is 12.1 Å². The standard InChI is InChI=1S/C12H9BrClFN2O2S/c1-6-4-16-12(20-5-10(18)19)17(6)11-8(13)2-7(15)3-9(11)14/h2-4H,5H2,1H3,(H,18,19). The van der Waals surface area contributed by atoms with Crippen LogP contribution < -0.4 is 0 Å². The monoisotopic (exact) mass is 378 g/mol. The van der Waals surface area contributed by atoms with E-state index in [1.807, 2.05) is 6.92 Å². The van der Waals surface area contributed by atoms with Crippen molar-refractivity contribution in [3.8, 4) is 5.69 Å². The molecule has 0 aliphatic rings. The van der Waals surface area contributed by atoms with Crippen molar-refractivity contribution in [1.82, 2.24) is 9.55 Å². The van der Waals surface area contributed by atoms with Crippen molar-refractivity contribution in [2.45, 2.75) is 12.1 Å². The van der Waals surface area contributed by atoms with Gasteiger partial charge in [0.05, 0.1) is 16.5 Å². The highest BCUT2D eigenvalue weighted by molar-refractivity contribution is 9.10. The van der Waals surface area contributed by atoms with Crippen LogP contribution in [0.5, 0.6) is 0 Å². The second-order valence-corrected chi connectivity index (χ2v) is 6.12. The summed E-state index contributed by atoms with van der Waals surface area (Å²) in [6.07, 6.45) is 1.61. The molecule has 0 saturated carbocycles. The fraction of sp³-hybridized carbons (Fsp3) is 0.167. The van der Waals surface area contributed by atoms with Gasteiger partial charge in [0.1, 0.15) is 5.82 Å². The molecule has 0 atom stereocenters. The number of rotatable bonds is 4. The van der Waals surface area contributed by atoms with Crippen LogP contribution in [-0.4, -0.2) is 26.4 Å². The summed E-state index contributed by atoms with van der Waals surface area (Å²) in [5, 5.41) is 9.45. The summed E-state index contributed by atoms with van der Waals surface area (Å²) in [7, 11) is 0. The van der Waals surface area contributed by atoms with Crippen LogP contribution in [0.3, 0.4) is 0 Å². The summed E-state index contributed by atoms with van der Waals surface area (Å²) in [6.45, 7) is 1.81. The van der Waals surface area contributed by atoms with Crippen molar-refractivity contribution < 1.29 is 14.3 Å². The smallest absolute Gasteiger partial charge is 0.313 e. The average molecular weight is 380 g/mol. The number of aryl methyl sites for hydroxylation is 1. The number of carboxylic acid groups (broad SMARTS) is 1. The second-order valence-electron chi connectivity index (χ2n) is 3.92. The molecule has 4 nitrogen and oxygen atoms in total. The molecule has 1 N–H and O–H groups in total. The van der Waals surface area contributed by atoms with Crippen molar-refractivity contribution in [2.24, 2.45) is 0 Å². The number of aliphatic carboxylic acids is 1. The van der Waals surface area contributed by atoms with Crippen LogP contribution in [0.1, 0.15) is 5.69 Å². The van der Waals surface area contributed by atoms with E-state index in [9.17, 15) is 9.18 Å². The van der Waals surface area contributed by atoms with Gasteiger partial charge in [0.2, 0.25) is 0 Å². The van der Waals surface area contributed by atoms with Crippen molar-refractivity contribution in [2.75, 3.05) is 5.75 Å². The Labute approximate surface area is 132 Å². The summed E-state index contributed by atoms with van der Waals surface area (Å²) < 4.78 is 15.4. The Bertz CT molecular complexity index is 654. The first-order valence-electron chi connectivity index (χ1n) is 5.44. The van der Waals surface area contributed by atoms with E-state index in [0.29, 0.717) is 15.3 Å². The number of carboxylic acids is 1. The molecule has 0 aliphatic carbocycles. The lowest BCUT2D eigenvalue weighted by atomic mass is 10.3. The summed E-state index contributed by atoms with van der Waals surface area (Å²) in [4.78, 5) is 14.8. The maximum absolute atomic E-state index is 13.3. The van der Waals surface area contributed by atoms with E-state index in [1.54, 1.807) is 10.8 Å². The normalized spacial score (nSPS) is 10.8. The molecule has 0 spiro atoms. The fourth-order valence-corrected chi connectivity index (χ4v) is 3.42. The minimum Gasteiger partial charge on any atom is -0.481 e. The zero-order chi connectivity index (χ0) is 14.9. The first kappa shape index (κ1) is 15.3. The number of benzene rings is 1. The van der Waals surface area contributed by atoms with E-state index >= 15 is 0 Å². The molecule has 2 aromatic rings. The summed E-state index contributed by atoms with van der Waals surface area (Å²) in [6, 6.07) is 2.50. The average Bonchev–Trinajstić information content (AvgIpc) is 2.67. The Hall–Kier alpha value is -1.05. The third-order valence-electron chi connectivity index (χ3n) is 2.44. The quantitative estimate of drug-likeness (QED) is 0.818. The van der Waals surface area contributed by atoms with Crippen molar-refractivity contribution in [1.29, 1.82) is 0 Å². The van der Waals surface area contributed by atoms with E-state index in [2.05, 4.69) is 20.9 Å². The number of aromatic nitrogens is 2. The van der Waals surface area contributed by atoms with Gasteiger partial charge >= 0.3 is 5.97 Å². The number of hydrogen-bond donors (Lipinski definition) is 1. The zero-order valence-electron chi connectivity index (χ0n) is 10.2. The molecule has 2 rings (SSSR count). The largest absolute Gasteiger partial charge is 0.481 e. The molecule has 0 bridgehead atoms. The predicted octanol–water partition coefficient (Wildman–Crippen LogP) is 3.91. The van der Waals surface area contributed by atoms with Gasteiger partial charge in [-0.25, -0.2) is 9.37 Å². The molecule has 1 aromatic carbocycles. The molecule has 0 aliphatic heterocycles. The van der Waals surface area contributed by atoms with Crippen LogP contribution in [-0.2, 0) is 4.79 Å². The van der Waals surface area contributed by atoms with Gasteiger partial charge in [0.25, 0.3) is 0 Å². The maximum Gasteiger partial charge on any atom is 0.313 e. The molecular formula is C12H9BrClFN2O2S. The number of imidazole rings is 1. The van der Waals surface area contributed by atoms with Crippen LogP contribution in [0.2, 0.25) is 5.02 Å². The SMILES string of the molecule is Cc1cnc(SCC(=O)O)n1-c1c(Cl)cc(F)cc1Br. The number of nitrogens with zero attached hydrogens (tertiary/aromatic N) is 2. The van der Waals surface area contributed by atoms with Crippen molar-refractivity contribution in [3.05, 3.63) is 39.3 Å². The summed E-state index contributed by atoms with van der Waals surface area (Å²) in [5.41, 5.74) is 1.31. The summed E-state index contributed by atoms with van der Waals surface area (Å²) >= 11 is 10.4. The van der Waals surface area contributed by atoms with Crippen LogP contribution in [0.25, 0.3) is 5.69 Å². The lowest BCUT2D eigenvalue weighted by Gasteiger charge is -2.13. The summed E-state index contributed by atoms with van der Waals surface area (Å²) in [5.74, 6) is -1.51. The topological polar surface area (TPSA) is 55.1 Å². The van der Waals surface area contributed by atoms with Gasteiger partial charge < -0.3 is 5.11 Å². The number of hydrogen-bond acceptors (Lipinski definition) is 3. The third-order valence-corrected chi connectivity index (χ3v) is 4.27. The van der Waals surface area contributed by atoms with Crippen LogP contribution in [0, 0.1) is 12.7 Å². The van der Waals surface area contributed by atoms with Crippen molar-refractivity contribution >= 4 is 45.3 Å². The molecule has 0 amide bonds. The first-order chi connectivity index (χ1) is 9.40. The van der Waals surface area contributed by atoms with Gasteiger partial charge in [-0.15, -0.1) is 0 Å². The van der Waals surface area contributed by atoms with Gasteiger partial charge in [0, 0.05) is 16.4 Å². The Balaban J connectivity index is 2.52. The molecule has 8 heteroatoms. The molecule has 1 heterocycles. The Kier molecular flexibility index (Phi) is 4.72. The number of thioether (sulfide) groups is 1.